The summed E-state index contributed by atoms with van der Waals surface area (Å²) in [6, 6.07) is -0.196. The minimum atomic E-state index is -0.977. The van der Waals surface area contributed by atoms with Crippen molar-refractivity contribution in [1.29, 1.82) is 0 Å². The number of carboxylic acid groups (broad SMARTS) is 1. The van der Waals surface area contributed by atoms with Crippen molar-refractivity contribution in [3.8, 4) is 0 Å². The van der Waals surface area contributed by atoms with E-state index < -0.39 is 5.97 Å². The lowest BCUT2D eigenvalue weighted by Crippen LogP contribution is -2.51. The van der Waals surface area contributed by atoms with E-state index in [0.717, 1.165) is 12.8 Å². The number of urea groups is 1. The number of ether oxygens (including phenoxy) is 1. The van der Waals surface area contributed by atoms with Crippen molar-refractivity contribution in [2.24, 2.45) is 5.92 Å². The minimum Gasteiger partial charge on any atom is -0.480 e. The van der Waals surface area contributed by atoms with Crippen molar-refractivity contribution >= 4 is 12.0 Å². The lowest BCUT2D eigenvalue weighted by molar-refractivity contribution is -0.137. The van der Waals surface area contributed by atoms with E-state index in [9.17, 15) is 9.59 Å². The van der Waals surface area contributed by atoms with E-state index in [1.807, 2.05) is 13.8 Å². The number of hydrogen-bond acceptors (Lipinski definition) is 3. The zero-order chi connectivity index (χ0) is 14.4. The van der Waals surface area contributed by atoms with Crippen molar-refractivity contribution in [3.63, 3.8) is 0 Å². The van der Waals surface area contributed by atoms with E-state index in [-0.39, 0.29) is 24.6 Å². The maximum absolute atomic E-state index is 12.4. The number of carbonyl (C=O) groups is 2. The number of carbonyl (C=O) groups excluding carboxylic acids is 1. The van der Waals surface area contributed by atoms with Crippen LogP contribution in [-0.2, 0) is 9.53 Å². The van der Waals surface area contributed by atoms with Crippen LogP contribution in [0.15, 0.2) is 0 Å². The number of carboxylic acids is 1. The van der Waals surface area contributed by atoms with Gasteiger partial charge in [-0.15, -0.1) is 0 Å². The van der Waals surface area contributed by atoms with Crippen molar-refractivity contribution in [1.82, 2.24) is 9.80 Å². The Bertz CT molecular complexity index is 320. The molecule has 0 bridgehead atoms. The van der Waals surface area contributed by atoms with Gasteiger partial charge in [-0.1, -0.05) is 13.8 Å². The fourth-order valence-corrected chi connectivity index (χ4v) is 2.32. The van der Waals surface area contributed by atoms with Crippen LogP contribution in [0.25, 0.3) is 0 Å². The van der Waals surface area contributed by atoms with Crippen molar-refractivity contribution in [2.45, 2.75) is 32.8 Å². The molecule has 1 atom stereocenters. The van der Waals surface area contributed by atoms with Gasteiger partial charge in [0.15, 0.2) is 0 Å². The average molecular weight is 272 g/mol. The highest BCUT2D eigenvalue weighted by Gasteiger charge is 2.28. The van der Waals surface area contributed by atoms with E-state index >= 15 is 0 Å². The summed E-state index contributed by atoms with van der Waals surface area (Å²) < 4.78 is 5.28. The fourth-order valence-electron chi connectivity index (χ4n) is 2.32. The van der Waals surface area contributed by atoms with Crippen molar-refractivity contribution in [3.05, 3.63) is 0 Å². The molecule has 6 heteroatoms. The summed E-state index contributed by atoms with van der Waals surface area (Å²) in [7, 11) is 1.64. The second kappa shape index (κ2) is 7.33. The Morgan fingerprint density at radius 3 is 2.68 bits per heavy atom. The summed E-state index contributed by atoms with van der Waals surface area (Å²) in [5, 5.41) is 8.91. The molecule has 110 valence electrons. The molecule has 1 fully saturated rings. The molecule has 0 saturated carbocycles. The first-order chi connectivity index (χ1) is 8.93. The Labute approximate surface area is 114 Å². The summed E-state index contributed by atoms with van der Waals surface area (Å²) in [5.74, 6) is -0.736. The summed E-state index contributed by atoms with van der Waals surface area (Å²) in [4.78, 5) is 26.3. The first kappa shape index (κ1) is 15.8. The van der Waals surface area contributed by atoms with Crippen LogP contribution < -0.4 is 0 Å². The molecule has 1 aliphatic rings. The molecular formula is C13H24N2O4. The van der Waals surface area contributed by atoms with Crippen LogP contribution in [0, 0.1) is 5.92 Å². The zero-order valence-electron chi connectivity index (χ0n) is 12.0. The largest absolute Gasteiger partial charge is 0.480 e. The molecule has 1 rings (SSSR count). The van der Waals surface area contributed by atoms with Crippen molar-refractivity contribution in [2.75, 3.05) is 33.3 Å². The lowest BCUT2D eigenvalue weighted by Gasteiger charge is -2.36. The Morgan fingerprint density at radius 1 is 1.47 bits per heavy atom. The van der Waals surface area contributed by atoms with E-state index in [0.29, 0.717) is 19.6 Å². The predicted octanol–water partition coefficient (Wildman–Crippen LogP) is 1.26. The molecule has 1 heterocycles. The predicted molar refractivity (Wildman–Crippen MR) is 71.0 cm³/mol. The Balaban J connectivity index is 2.66. The van der Waals surface area contributed by atoms with Gasteiger partial charge in [0.1, 0.15) is 6.54 Å². The number of likely N-dealkylation sites (tertiary alicyclic amines) is 1. The topological polar surface area (TPSA) is 70.1 Å². The van der Waals surface area contributed by atoms with Gasteiger partial charge in [-0.3, -0.25) is 4.79 Å². The highest BCUT2D eigenvalue weighted by Crippen LogP contribution is 2.15. The second-order valence-corrected chi connectivity index (χ2v) is 5.40. The molecule has 2 amide bonds. The third-order valence-electron chi connectivity index (χ3n) is 3.16. The fraction of sp³-hybridized carbons (Fsp3) is 0.846. The van der Waals surface area contributed by atoms with E-state index in [4.69, 9.17) is 9.84 Å². The van der Waals surface area contributed by atoms with Gasteiger partial charge in [-0.25, -0.2) is 4.79 Å². The number of methoxy groups -OCH3 is 1. The smallest absolute Gasteiger partial charge is 0.323 e. The Morgan fingerprint density at radius 2 is 2.16 bits per heavy atom. The van der Waals surface area contributed by atoms with Crippen LogP contribution >= 0.6 is 0 Å². The molecular weight excluding hydrogens is 248 g/mol. The van der Waals surface area contributed by atoms with Crippen LogP contribution in [0.2, 0.25) is 0 Å². The molecule has 0 aromatic carbocycles. The number of hydrogen-bond donors (Lipinski definition) is 1. The van der Waals surface area contributed by atoms with Gasteiger partial charge in [0.25, 0.3) is 0 Å². The number of aliphatic carboxylic acids is 1. The third kappa shape index (κ3) is 5.06. The normalized spacial score (nSPS) is 19.6. The van der Waals surface area contributed by atoms with Gasteiger partial charge in [0.05, 0.1) is 6.10 Å². The molecule has 0 aromatic heterocycles. The molecule has 0 aromatic rings. The molecule has 1 N–H and O–H groups in total. The number of nitrogens with zero attached hydrogens (tertiary/aromatic N) is 2. The molecule has 1 aliphatic heterocycles. The third-order valence-corrected chi connectivity index (χ3v) is 3.16. The number of amides is 2. The molecule has 0 aliphatic carbocycles. The van der Waals surface area contributed by atoms with Gasteiger partial charge in [0, 0.05) is 26.7 Å². The SMILES string of the molecule is COC1CCCN(C(=O)N(CC(=O)O)CC(C)C)C1. The van der Waals surface area contributed by atoms with E-state index in [1.54, 1.807) is 12.0 Å². The van der Waals surface area contributed by atoms with Crippen LogP contribution in [0.1, 0.15) is 26.7 Å². The molecule has 0 spiro atoms. The maximum Gasteiger partial charge on any atom is 0.323 e. The molecule has 1 unspecified atom stereocenters. The summed E-state index contributed by atoms with van der Waals surface area (Å²) >= 11 is 0. The molecule has 1 saturated heterocycles. The van der Waals surface area contributed by atoms with Gasteiger partial charge in [-0.2, -0.15) is 0 Å². The molecule has 6 nitrogen and oxygen atoms in total. The van der Waals surface area contributed by atoms with Crippen molar-refractivity contribution < 1.29 is 19.4 Å². The van der Waals surface area contributed by atoms with Crippen LogP contribution in [0.3, 0.4) is 0 Å². The second-order valence-electron chi connectivity index (χ2n) is 5.40. The molecule has 19 heavy (non-hydrogen) atoms. The lowest BCUT2D eigenvalue weighted by atomic mass is 10.1. The highest BCUT2D eigenvalue weighted by molar-refractivity contribution is 5.80. The highest BCUT2D eigenvalue weighted by atomic mass is 16.5. The van der Waals surface area contributed by atoms with Gasteiger partial charge in [-0.05, 0) is 18.8 Å². The van der Waals surface area contributed by atoms with Gasteiger partial charge in [0.2, 0.25) is 0 Å². The van der Waals surface area contributed by atoms with Crippen LogP contribution in [0.4, 0.5) is 4.79 Å². The van der Waals surface area contributed by atoms with Crippen LogP contribution in [0.5, 0.6) is 0 Å². The number of rotatable bonds is 5. The monoisotopic (exact) mass is 272 g/mol. The standard InChI is InChI=1S/C13H24N2O4/c1-10(2)7-15(9-12(16)17)13(18)14-6-4-5-11(8-14)19-3/h10-11H,4-9H2,1-3H3,(H,16,17). The molecule has 0 radical (unpaired) electrons. The minimum absolute atomic E-state index is 0.0587. The Hall–Kier alpha value is -1.30. The summed E-state index contributed by atoms with van der Waals surface area (Å²) in [6.45, 7) is 5.37. The van der Waals surface area contributed by atoms with Gasteiger partial charge >= 0.3 is 12.0 Å². The number of piperidine rings is 1. The maximum atomic E-state index is 12.4. The summed E-state index contributed by atoms with van der Waals surface area (Å²) in [5.41, 5.74) is 0. The first-order valence-corrected chi connectivity index (χ1v) is 6.72. The Kier molecular flexibility index (Phi) is 6.08. The average Bonchev–Trinajstić information content (AvgIpc) is 2.36. The van der Waals surface area contributed by atoms with Gasteiger partial charge < -0.3 is 19.6 Å². The zero-order valence-corrected chi connectivity index (χ0v) is 12.0. The van der Waals surface area contributed by atoms with E-state index in [1.165, 1.54) is 4.90 Å². The van der Waals surface area contributed by atoms with Crippen LogP contribution in [-0.4, -0.2) is 66.3 Å². The van der Waals surface area contributed by atoms with E-state index in [2.05, 4.69) is 0 Å². The summed E-state index contributed by atoms with van der Waals surface area (Å²) in [6.07, 6.45) is 1.90. The quantitative estimate of drug-likeness (QED) is 0.818. The first-order valence-electron chi connectivity index (χ1n) is 6.72.